The molecule has 0 atom stereocenters. The average Bonchev–Trinajstić information content (AvgIpc) is 3.28. The Morgan fingerprint density at radius 1 is 1.10 bits per heavy atom. The molecule has 0 radical (unpaired) electrons. The monoisotopic (exact) mass is 461 g/mol. The molecule has 0 bridgehead atoms. The van der Waals surface area contributed by atoms with Gasteiger partial charge in [-0.2, -0.15) is 0 Å². The molecule has 1 aromatic heterocycles. The molecule has 4 nitrogen and oxygen atoms in total. The van der Waals surface area contributed by atoms with Crippen molar-refractivity contribution in [3.8, 4) is 17.1 Å². The number of halogens is 2. The lowest BCUT2D eigenvalue weighted by molar-refractivity contribution is -0.113. The van der Waals surface area contributed by atoms with Gasteiger partial charge >= 0.3 is 0 Å². The fourth-order valence-electron chi connectivity index (χ4n) is 2.81. The summed E-state index contributed by atoms with van der Waals surface area (Å²) in [4.78, 5) is 14.9. The number of benzene rings is 2. The van der Waals surface area contributed by atoms with Crippen molar-refractivity contribution in [1.29, 1.82) is 0 Å². The molecule has 29 heavy (non-hydrogen) atoms. The maximum Gasteiger partial charge on any atom is 0.270 e. The number of hydrogen-bond acceptors (Lipinski definition) is 5. The van der Waals surface area contributed by atoms with Gasteiger partial charge in [-0.05, 0) is 54.6 Å². The second-order valence-corrected chi connectivity index (χ2v) is 8.56. The summed E-state index contributed by atoms with van der Waals surface area (Å²) >= 11 is 18.9. The molecule has 0 saturated carbocycles. The van der Waals surface area contributed by atoms with Crippen LogP contribution in [0.2, 0.25) is 10.0 Å². The maximum atomic E-state index is 12.9. The predicted molar refractivity (Wildman–Crippen MR) is 123 cm³/mol. The highest BCUT2D eigenvalue weighted by Gasteiger charge is 2.33. The van der Waals surface area contributed by atoms with E-state index in [4.69, 9.17) is 44.6 Å². The van der Waals surface area contributed by atoms with Gasteiger partial charge < -0.3 is 9.15 Å². The van der Waals surface area contributed by atoms with Gasteiger partial charge in [0, 0.05) is 16.7 Å². The largest absolute Gasteiger partial charge is 0.497 e. The number of methoxy groups -OCH3 is 1. The zero-order valence-electron chi connectivity index (χ0n) is 15.0. The summed E-state index contributed by atoms with van der Waals surface area (Å²) in [5.41, 5.74) is 1.37. The first-order valence-corrected chi connectivity index (χ1v) is 10.4. The van der Waals surface area contributed by atoms with Crippen LogP contribution in [0.15, 0.2) is 63.9 Å². The highest BCUT2D eigenvalue weighted by molar-refractivity contribution is 8.27. The Kier molecular flexibility index (Phi) is 5.69. The lowest BCUT2D eigenvalue weighted by Gasteiger charge is -2.14. The first kappa shape index (κ1) is 20.0. The molecule has 0 spiro atoms. The highest BCUT2D eigenvalue weighted by Crippen LogP contribution is 2.38. The SMILES string of the molecule is COc1ccc(N2C(=O)C(=Cc3ccc(-c4cc(Cl)ccc4Cl)o3)SC2=S)cc1. The molecule has 2 aromatic carbocycles. The van der Waals surface area contributed by atoms with Crippen molar-refractivity contribution in [3.63, 3.8) is 0 Å². The number of ether oxygens (including phenoxy) is 1. The van der Waals surface area contributed by atoms with Gasteiger partial charge in [0.25, 0.3) is 5.91 Å². The van der Waals surface area contributed by atoms with Crippen LogP contribution < -0.4 is 9.64 Å². The van der Waals surface area contributed by atoms with Gasteiger partial charge in [0.2, 0.25) is 0 Å². The van der Waals surface area contributed by atoms with Gasteiger partial charge in [0.05, 0.1) is 22.7 Å². The minimum absolute atomic E-state index is 0.205. The van der Waals surface area contributed by atoms with E-state index in [9.17, 15) is 4.79 Å². The van der Waals surface area contributed by atoms with Crippen LogP contribution in [-0.4, -0.2) is 17.3 Å². The molecule has 4 rings (SSSR count). The summed E-state index contributed by atoms with van der Waals surface area (Å²) in [7, 11) is 1.59. The van der Waals surface area contributed by atoms with Crippen molar-refractivity contribution in [2.45, 2.75) is 0 Å². The normalized spacial score (nSPS) is 15.4. The Morgan fingerprint density at radius 3 is 2.59 bits per heavy atom. The number of rotatable bonds is 4. The van der Waals surface area contributed by atoms with E-state index >= 15 is 0 Å². The Hall–Kier alpha value is -2.25. The van der Waals surface area contributed by atoms with E-state index in [0.717, 1.165) is 0 Å². The van der Waals surface area contributed by atoms with Crippen LogP contribution in [0.3, 0.4) is 0 Å². The molecule has 0 N–H and O–H groups in total. The number of amides is 1. The Bertz CT molecular complexity index is 1140. The van der Waals surface area contributed by atoms with E-state index in [0.29, 0.717) is 47.8 Å². The molecule has 2 heterocycles. The van der Waals surface area contributed by atoms with E-state index in [-0.39, 0.29) is 5.91 Å². The van der Waals surface area contributed by atoms with Gasteiger partial charge in [0.15, 0.2) is 4.32 Å². The molecular weight excluding hydrogens is 449 g/mol. The molecule has 1 aliphatic rings. The van der Waals surface area contributed by atoms with Crippen LogP contribution in [-0.2, 0) is 4.79 Å². The average molecular weight is 462 g/mol. The number of carbonyl (C=O) groups is 1. The smallest absolute Gasteiger partial charge is 0.270 e. The fraction of sp³-hybridized carbons (Fsp3) is 0.0476. The Morgan fingerprint density at radius 2 is 1.86 bits per heavy atom. The van der Waals surface area contributed by atoms with Crippen molar-refractivity contribution in [1.82, 2.24) is 0 Å². The van der Waals surface area contributed by atoms with E-state index < -0.39 is 0 Å². The van der Waals surface area contributed by atoms with Gasteiger partial charge in [-0.15, -0.1) is 0 Å². The van der Waals surface area contributed by atoms with Gasteiger partial charge in [-0.25, -0.2) is 0 Å². The Balaban J connectivity index is 1.61. The topological polar surface area (TPSA) is 42.7 Å². The molecule has 1 fully saturated rings. The summed E-state index contributed by atoms with van der Waals surface area (Å²) in [6.45, 7) is 0. The van der Waals surface area contributed by atoms with Crippen LogP contribution in [0.25, 0.3) is 17.4 Å². The second-order valence-electron chi connectivity index (χ2n) is 6.04. The lowest BCUT2D eigenvalue weighted by atomic mass is 10.2. The second kappa shape index (κ2) is 8.24. The van der Waals surface area contributed by atoms with E-state index in [1.54, 1.807) is 67.8 Å². The summed E-state index contributed by atoms with van der Waals surface area (Å²) in [6, 6.07) is 15.9. The standard InChI is InChI=1S/C21H13Cl2NO3S2/c1-26-14-5-3-13(4-6-14)24-20(25)19(29-21(24)28)11-15-7-9-18(27-15)16-10-12(22)2-8-17(16)23/h2-11H,1H3. The highest BCUT2D eigenvalue weighted by atomic mass is 35.5. The summed E-state index contributed by atoms with van der Waals surface area (Å²) < 4.78 is 11.5. The van der Waals surface area contributed by atoms with Crippen molar-refractivity contribution in [2.24, 2.45) is 0 Å². The molecule has 0 aliphatic carbocycles. The van der Waals surface area contributed by atoms with Crippen molar-refractivity contribution < 1.29 is 13.9 Å². The number of anilines is 1. The first-order chi connectivity index (χ1) is 14.0. The van der Waals surface area contributed by atoms with Crippen molar-refractivity contribution >= 4 is 69.2 Å². The van der Waals surface area contributed by atoms with E-state index in [1.807, 2.05) is 0 Å². The van der Waals surface area contributed by atoms with E-state index in [2.05, 4.69) is 0 Å². The van der Waals surface area contributed by atoms with Crippen LogP contribution in [0, 0.1) is 0 Å². The third-order valence-corrected chi connectivity index (χ3v) is 6.09. The number of carbonyl (C=O) groups excluding carboxylic acids is 1. The predicted octanol–water partition coefficient (Wildman–Crippen LogP) is 6.67. The first-order valence-electron chi connectivity index (χ1n) is 8.43. The minimum atomic E-state index is -0.205. The molecular formula is C21H13Cl2NO3S2. The third-order valence-electron chi connectivity index (χ3n) is 4.22. The molecule has 1 aliphatic heterocycles. The van der Waals surface area contributed by atoms with E-state index in [1.165, 1.54) is 16.7 Å². The van der Waals surface area contributed by atoms with Gasteiger partial charge in [-0.1, -0.05) is 47.2 Å². The van der Waals surface area contributed by atoms with Crippen molar-refractivity contribution in [3.05, 3.63) is 75.3 Å². The van der Waals surface area contributed by atoms with Crippen LogP contribution >= 0.6 is 47.2 Å². The summed E-state index contributed by atoms with van der Waals surface area (Å²) in [6.07, 6.45) is 1.67. The number of hydrogen-bond donors (Lipinski definition) is 0. The van der Waals surface area contributed by atoms with Gasteiger partial charge in [-0.3, -0.25) is 9.69 Å². The molecule has 0 unspecified atom stereocenters. The molecule has 1 saturated heterocycles. The van der Waals surface area contributed by atoms with Crippen LogP contribution in [0.4, 0.5) is 5.69 Å². The number of thioether (sulfide) groups is 1. The van der Waals surface area contributed by atoms with Crippen molar-refractivity contribution in [2.75, 3.05) is 12.0 Å². The van der Waals surface area contributed by atoms with Crippen LogP contribution in [0.1, 0.15) is 5.76 Å². The van der Waals surface area contributed by atoms with Gasteiger partial charge in [0.1, 0.15) is 17.3 Å². The number of thiocarbonyl (C=S) groups is 1. The number of furan rings is 1. The Labute approximate surface area is 187 Å². The zero-order chi connectivity index (χ0) is 20.5. The summed E-state index contributed by atoms with van der Waals surface area (Å²) in [5.74, 6) is 1.59. The van der Waals surface area contributed by atoms with Crippen LogP contribution in [0.5, 0.6) is 5.75 Å². The maximum absolute atomic E-state index is 12.9. The number of nitrogens with zero attached hydrogens (tertiary/aromatic N) is 1. The molecule has 3 aromatic rings. The lowest BCUT2D eigenvalue weighted by Crippen LogP contribution is -2.27. The zero-order valence-corrected chi connectivity index (χ0v) is 18.2. The summed E-state index contributed by atoms with van der Waals surface area (Å²) in [5, 5.41) is 1.09. The quantitative estimate of drug-likeness (QED) is 0.320. The molecule has 146 valence electrons. The fourth-order valence-corrected chi connectivity index (χ4v) is 4.47. The molecule has 1 amide bonds. The molecule has 8 heteroatoms. The minimum Gasteiger partial charge on any atom is -0.497 e. The third kappa shape index (κ3) is 4.07.